The zero-order valence-electron chi connectivity index (χ0n) is 16.0. The van der Waals surface area contributed by atoms with Crippen molar-refractivity contribution in [2.75, 3.05) is 43.2 Å². The van der Waals surface area contributed by atoms with E-state index in [2.05, 4.69) is 51.1 Å². The van der Waals surface area contributed by atoms with Gasteiger partial charge in [-0.25, -0.2) is 4.98 Å². The lowest BCUT2D eigenvalue weighted by molar-refractivity contribution is 0.174. The molecular weight excluding hydrogens is 342 g/mol. The summed E-state index contributed by atoms with van der Waals surface area (Å²) in [6, 6.07) is 8.58. The lowest BCUT2D eigenvalue weighted by Gasteiger charge is -2.35. The molecular formula is C20H27N5O2. The minimum absolute atomic E-state index is 0.324. The van der Waals surface area contributed by atoms with Gasteiger partial charge in [-0.1, -0.05) is 13.0 Å². The van der Waals surface area contributed by atoms with Gasteiger partial charge in [-0.15, -0.1) is 0 Å². The first-order valence-corrected chi connectivity index (χ1v) is 9.66. The predicted molar refractivity (Wildman–Crippen MR) is 105 cm³/mol. The molecule has 1 atom stereocenters. The molecule has 27 heavy (non-hydrogen) atoms. The molecule has 2 aromatic rings. The third kappa shape index (κ3) is 4.24. The van der Waals surface area contributed by atoms with Gasteiger partial charge in [0.15, 0.2) is 11.5 Å². The molecule has 0 spiro atoms. The number of fused-ring (bicyclic) bond motifs is 1. The number of nitrogens with zero attached hydrogens (tertiary/aromatic N) is 4. The number of nitrogens with one attached hydrogen (secondary N) is 1. The molecule has 0 amide bonds. The van der Waals surface area contributed by atoms with Gasteiger partial charge in [-0.05, 0) is 37.1 Å². The van der Waals surface area contributed by atoms with Crippen molar-refractivity contribution in [3.63, 3.8) is 0 Å². The molecule has 7 nitrogen and oxygen atoms in total. The molecule has 1 saturated heterocycles. The molecule has 1 unspecified atom stereocenters. The van der Waals surface area contributed by atoms with Crippen LogP contribution in [0.15, 0.2) is 30.5 Å². The predicted octanol–water partition coefficient (Wildman–Crippen LogP) is 2.74. The van der Waals surface area contributed by atoms with Crippen LogP contribution in [0.2, 0.25) is 0 Å². The molecule has 1 N–H and O–H groups in total. The largest absolute Gasteiger partial charge is 0.454 e. The first kappa shape index (κ1) is 17.9. The maximum Gasteiger partial charge on any atom is 0.231 e. The smallest absolute Gasteiger partial charge is 0.231 e. The number of aromatic nitrogens is 2. The number of hydrogen-bond donors (Lipinski definition) is 1. The fourth-order valence-electron chi connectivity index (χ4n) is 3.35. The molecule has 0 radical (unpaired) electrons. The summed E-state index contributed by atoms with van der Waals surface area (Å²) >= 11 is 0. The highest BCUT2D eigenvalue weighted by Crippen LogP contribution is 2.32. The first-order chi connectivity index (χ1) is 13.2. The Kier molecular flexibility index (Phi) is 5.29. The minimum atomic E-state index is 0.324. The van der Waals surface area contributed by atoms with E-state index in [1.165, 1.54) is 5.56 Å². The molecule has 0 aliphatic carbocycles. The summed E-state index contributed by atoms with van der Waals surface area (Å²) in [5.74, 6) is 3.41. The van der Waals surface area contributed by atoms with E-state index in [0.717, 1.165) is 56.5 Å². The van der Waals surface area contributed by atoms with E-state index in [0.29, 0.717) is 18.8 Å². The fraction of sp³-hybridized carbons (Fsp3) is 0.500. The quantitative estimate of drug-likeness (QED) is 0.840. The van der Waals surface area contributed by atoms with Gasteiger partial charge in [-0.2, -0.15) is 4.98 Å². The van der Waals surface area contributed by atoms with Crippen molar-refractivity contribution in [2.24, 2.45) is 0 Å². The van der Waals surface area contributed by atoms with Crippen molar-refractivity contribution in [1.82, 2.24) is 14.9 Å². The number of hydrogen-bond acceptors (Lipinski definition) is 7. The van der Waals surface area contributed by atoms with Crippen molar-refractivity contribution in [3.8, 4) is 11.5 Å². The van der Waals surface area contributed by atoms with Crippen LogP contribution in [-0.4, -0.2) is 53.9 Å². The standard InChI is InChI=1S/C20H27N5O2/c1-3-15(2)22-20-21-7-6-19(23-20)25-10-8-24(9-11-25)13-16-4-5-17-18(12-16)27-14-26-17/h4-7,12,15H,3,8-11,13-14H2,1-2H3,(H,21,22,23). The van der Waals surface area contributed by atoms with Gasteiger partial charge in [0, 0.05) is 45.0 Å². The molecule has 144 valence electrons. The van der Waals surface area contributed by atoms with E-state index in [1.54, 1.807) is 0 Å². The molecule has 1 fully saturated rings. The molecule has 2 aliphatic heterocycles. The lowest BCUT2D eigenvalue weighted by atomic mass is 10.1. The zero-order valence-corrected chi connectivity index (χ0v) is 16.0. The van der Waals surface area contributed by atoms with Crippen LogP contribution in [0.25, 0.3) is 0 Å². The van der Waals surface area contributed by atoms with Gasteiger partial charge >= 0.3 is 0 Å². The van der Waals surface area contributed by atoms with Gasteiger partial charge in [-0.3, -0.25) is 4.90 Å². The summed E-state index contributed by atoms with van der Waals surface area (Å²) in [5.41, 5.74) is 1.26. The Morgan fingerprint density at radius 3 is 2.74 bits per heavy atom. The Labute approximate surface area is 160 Å². The van der Waals surface area contributed by atoms with E-state index in [1.807, 2.05) is 18.3 Å². The summed E-state index contributed by atoms with van der Waals surface area (Å²) < 4.78 is 10.9. The van der Waals surface area contributed by atoms with Crippen LogP contribution >= 0.6 is 0 Å². The number of benzene rings is 1. The number of anilines is 2. The molecule has 4 rings (SSSR count). The molecule has 7 heteroatoms. The van der Waals surface area contributed by atoms with Crippen molar-refractivity contribution in [1.29, 1.82) is 0 Å². The number of rotatable bonds is 6. The maximum absolute atomic E-state index is 5.48. The van der Waals surface area contributed by atoms with Crippen LogP contribution < -0.4 is 19.7 Å². The van der Waals surface area contributed by atoms with E-state index < -0.39 is 0 Å². The molecule has 3 heterocycles. The average Bonchev–Trinajstić information content (AvgIpc) is 3.16. The van der Waals surface area contributed by atoms with Crippen LogP contribution in [0, 0.1) is 0 Å². The summed E-state index contributed by atoms with van der Waals surface area (Å²) in [4.78, 5) is 13.8. The third-order valence-corrected chi connectivity index (χ3v) is 5.17. The summed E-state index contributed by atoms with van der Waals surface area (Å²) in [6.45, 7) is 9.49. The first-order valence-electron chi connectivity index (χ1n) is 9.66. The van der Waals surface area contributed by atoms with Crippen molar-refractivity contribution in [2.45, 2.75) is 32.9 Å². The topological polar surface area (TPSA) is 62.8 Å². The minimum Gasteiger partial charge on any atom is -0.454 e. The monoisotopic (exact) mass is 369 g/mol. The van der Waals surface area contributed by atoms with Crippen LogP contribution in [-0.2, 0) is 6.54 Å². The molecule has 0 saturated carbocycles. The van der Waals surface area contributed by atoms with E-state index in [-0.39, 0.29) is 0 Å². The second-order valence-electron chi connectivity index (χ2n) is 7.14. The van der Waals surface area contributed by atoms with E-state index >= 15 is 0 Å². The molecule has 1 aromatic heterocycles. The Bertz CT molecular complexity index is 777. The summed E-state index contributed by atoms with van der Waals surface area (Å²) in [7, 11) is 0. The van der Waals surface area contributed by atoms with Crippen LogP contribution in [0.1, 0.15) is 25.8 Å². The van der Waals surface area contributed by atoms with E-state index in [4.69, 9.17) is 9.47 Å². The average molecular weight is 369 g/mol. The van der Waals surface area contributed by atoms with Crippen LogP contribution in [0.5, 0.6) is 11.5 Å². The number of piperazine rings is 1. The second-order valence-corrected chi connectivity index (χ2v) is 7.14. The summed E-state index contributed by atoms with van der Waals surface area (Å²) in [5, 5.41) is 3.35. The highest BCUT2D eigenvalue weighted by Gasteiger charge is 2.20. The van der Waals surface area contributed by atoms with E-state index in [9.17, 15) is 0 Å². The SMILES string of the molecule is CCC(C)Nc1nccc(N2CCN(Cc3ccc4c(c3)OCO4)CC2)n1. The molecule has 0 bridgehead atoms. The molecule has 2 aliphatic rings. The fourth-order valence-corrected chi connectivity index (χ4v) is 3.35. The maximum atomic E-state index is 5.48. The Morgan fingerprint density at radius 1 is 1.11 bits per heavy atom. The van der Waals surface area contributed by atoms with Gasteiger partial charge in [0.2, 0.25) is 12.7 Å². The van der Waals surface area contributed by atoms with Gasteiger partial charge in [0.05, 0.1) is 0 Å². The van der Waals surface area contributed by atoms with Crippen LogP contribution in [0.4, 0.5) is 11.8 Å². The second kappa shape index (κ2) is 8.00. The summed E-state index contributed by atoms with van der Waals surface area (Å²) in [6.07, 6.45) is 2.89. The highest BCUT2D eigenvalue weighted by molar-refractivity contribution is 5.45. The Morgan fingerprint density at radius 2 is 1.93 bits per heavy atom. The Hall–Kier alpha value is -2.54. The van der Waals surface area contributed by atoms with Gasteiger partial charge < -0.3 is 19.7 Å². The molecule has 1 aromatic carbocycles. The zero-order chi connectivity index (χ0) is 18.6. The Balaban J connectivity index is 1.33. The van der Waals surface area contributed by atoms with Crippen molar-refractivity contribution in [3.05, 3.63) is 36.0 Å². The number of ether oxygens (including phenoxy) is 2. The normalized spacial score (nSPS) is 17.8. The highest BCUT2D eigenvalue weighted by atomic mass is 16.7. The van der Waals surface area contributed by atoms with Gasteiger partial charge in [0.1, 0.15) is 5.82 Å². The van der Waals surface area contributed by atoms with Crippen molar-refractivity contribution < 1.29 is 9.47 Å². The van der Waals surface area contributed by atoms with Crippen molar-refractivity contribution >= 4 is 11.8 Å². The van der Waals surface area contributed by atoms with Crippen LogP contribution in [0.3, 0.4) is 0 Å². The lowest BCUT2D eigenvalue weighted by Crippen LogP contribution is -2.46. The van der Waals surface area contributed by atoms with Gasteiger partial charge in [0.25, 0.3) is 0 Å². The third-order valence-electron chi connectivity index (χ3n) is 5.17.